The third-order valence-electron chi connectivity index (χ3n) is 1.78. The fourth-order valence-electron chi connectivity index (χ4n) is 1.03. The highest BCUT2D eigenvalue weighted by molar-refractivity contribution is 9.10. The predicted molar refractivity (Wildman–Crippen MR) is 59.4 cm³/mol. The Labute approximate surface area is 96.6 Å². The molecule has 4 heteroatoms. The number of rotatable bonds is 4. The van der Waals surface area contributed by atoms with Crippen molar-refractivity contribution in [2.24, 2.45) is 5.92 Å². The first-order valence-electron chi connectivity index (χ1n) is 4.71. The minimum absolute atomic E-state index is 0.00114. The monoisotopic (exact) mass is 278 g/mol. The van der Waals surface area contributed by atoms with E-state index in [0.29, 0.717) is 22.7 Å². The molecule has 0 spiro atoms. The van der Waals surface area contributed by atoms with E-state index in [1.165, 1.54) is 12.1 Å². The number of ether oxygens (including phenoxy) is 1. The molecule has 1 rings (SSSR count). The van der Waals surface area contributed by atoms with Crippen LogP contribution in [0.1, 0.15) is 25.8 Å². The van der Waals surface area contributed by atoms with Gasteiger partial charge in [-0.25, -0.2) is 8.78 Å². The highest BCUT2D eigenvalue weighted by atomic mass is 79.9. The summed E-state index contributed by atoms with van der Waals surface area (Å²) in [4.78, 5) is 0. The van der Waals surface area contributed by atoms with Crippen LogP contribution in [0.5, 0.6) is 5.75 Å². The molecule has 0 aliphatic rings. The van der Waals surface area contributed by atoms with Crippen LogP contribution in [-0.2, 0) is 0 Å². The van der Waals surface area contributed by atoms with Gasteiger partial charge in [0.2, 0.25) is 0 Å². The van der Waals surface area contributed by atoms with Crippen LogP contribution in [0.25, 0.3) is 0 Å². The quantitative estimate of drug-likeness (QED) is 0.792. The molecule has 1 aromatic carbocycles. The summed E-state index contributed by atoms with van der Waals surface area (Å²) in [6, 6.07) is 4.33. The van der Waals surface area contributed by atoms with Gasteiger partial charge in [0.1, 0.15) is 5.75 Å². The molecule has 84 valence electrons. The second-order valence-electron chi connectivity index (χ2n) is 3.70. The van der Waals surface area contributed by atoms with E-state index < -0.39 is 6.43 Å². The molecule has 0 aliphatic carbocycles. The summed E-state index contributed by atoms with van der Waals surface area (Å²) in [5.41, 5.74) is -0.00114. The SMILES string of the molecule is CC(C)COc1ccc(C(F)F)cc1Br. The summed E-state index contributed by atoms with van der Waals surface area (Å²) in [6.45, 7) is 4.63. The third kappa shape index (κ3) is 3.78. The van der Waals surface area contributed by atoms with Crippen molar-refractivity contribution in [2.75, 3.05) is 6.61 Å². The fraction of sp³-hybridized carbons (Fsp3) is 0.455. The number of benzene rings is 1. The normalized spacial score (nSPS) is 11.1. The fourth-order valence-corrected chi connectivity index (χ4v) is 1.54. The molecule has 0 unspecified atom stereocenters. The molecule has 15 heavy (non-hydrogen) atoms. The Bertz CT molecular complexity index is 326. The Balaban J connectivity index is 2.75. The molecular formula is C11H13BrF2O. The summed E-state index contributed by atoms with van der Waals surface area (Å²) in [7, 11) is 0. The van der Waals surface area contributed by atoms with Crippen LogP contribution in [0.15, 0.2) is 22.7 Å². The lowest BCUT2D eigenvalue weighted by Gasteiger charge is -2.11. The summed E-state index contributed by atoms with van der Waals surface area (Å²) in [5.74, 6) is 1.01. The minimum Gasteiger partial charge on any atom is -0.492 e. The molecule has 0 aliphatic heterocycles. The molecule has 0 fully saturated rings. The van der Waals surface area contributed by atoms with Crippen LogP contribution >= 0.6 is 15.9 Å². The largest absolute Gasteiger partial charge is 0.492 e. The molecule has 0 heterocycles. The van der Waals surface area contributed by atoms with E-state index in [4.69, 9.17) is 4.74 Å². The molecule has 0 N–H and O–H groups in total. The van der Waals surface area contributed by atoms with E-state index in [1.807, 2.05) is 13.8 Å². The molecule has 0 saturated heterocycles. The van der Waals surface area contributed by atoms with Crippen molar-refractivity contribution in [3.63, 3.8) is 0 Å². The molecule has 0 atom stereocenters. The van der Waals surface area contributed by atoms with Crippen molar-refractivity contribution in [3.05, 3.63) is 28.2 Å². The van der Waals surface area contributed by atoms with Gasteiger partial charge in [0, 0.05) is 5.56 Å². The zero-order valence-electron chi connectivity index (χ0n) is 8.64. The maximum Gasteiger partial charge on any atom is 0.263 e. The van der Waals surface area contributed by atoms with E-state index in [1.54, 1.807) is 6.07 Å². The smallest absolute Gasteiger partial charge is 0.263 e. The number of halogens is 3. The van der Waals surface area contributed by atoms with Crippen molar-refractivity contribution in [1.82, 2.24) is 0 Å². The summed E-state index contributed by atoms with van der Waals surface area (Å²) < 4.78 is 30.7. The Hall–Kier alpha value is -0.640. The van der Waals surface area contributed by atoms with Gasteiger partial charge >= 0.3 is 0 Å². The number of alkyl halides is 2. The summed E-state index contributed by atoms with van der Waals surface area (Å²) in [5, 5.41) is 0. The van der Waals surface area contributed by atoms with Crippen molar-refractivity contribution >= 4 is 15.9 Å². The van der Waals surface area contributed by atoms with Gasteiger partial charge in [0.15, 0.2) is 0 Å². The van der Waals surface area contributed by atoms with Crippen LogP contribution in [-0.4, -0.2) is 6.61 Å². The number of hydrogen-bond acceptors (Lipinski definition) is 1. The van der Waals surface area contributed by atoms with Gasteiger partial charge in [-0.3, -0.25) is 0 Å². The third-order valence-corrected chi connectivity index (χ3v) is 2.40. The maximum atomic E-state index is 12.3. The molecule has 0 bridgehead atoms. The first-order valence-corrected chi connectivity index (χ1v) is 5.50. The zero-order valence-corrected chi connectivity index (χ0v) is 10.2. The average molecular weight is 279 g/mol. The molecule has 0 amide bonds. The van der Waals surface area contributed by atoms with Crippen LogP contribution in [0.4, 0.5) is 8.78 Å². The van der Waals surface area contributed by atoms with E-state index in [2.05, 4.69) is 15.9 Å². The van der Waals surface area contributed by atoms with Gasteiger partial charge in [-0.05, 0) is 40.0 Å². The Morgan fingerprint density at radius 1 is 1.33 bits per heavy atom. The van der Waals surface area contributed by atoms with E-state index in [-0.39, 0.29) is 5.56 Å². The molecular weight excluding hydrogens is 266 g/mol. The van der Waals surface area contributed by atoms with Crippen molar-refractivity contribution in [2.45, 2.75) is 20.3 Å². The lowest BCUT2D eigenvalue weighted by molar-refractivity contribution is 0.151. The highest BCUT2D eigenvalue weighted by Gasteiger charge is 2.10. The zero-order chi connectivity index (χ0) is 11.4. The van der Waals surface area contributed by atoms with Gasteiger partial charge in [0.25, 0.3) is 6.43 Å². The van der Waals surface area contributed by atoms with Gasteiger partial charge in [-0.2, -0.15) is 0 Å². The van der Waals surface area contributed by atoms with Gasteiger partial charge in [-0.15, -0.1) is 0 Å². The van der Waals surface area contributed by atoms with Crippen LogP contribution in [0, 0.1) is 5.92 Å². The molecule has 0 saturated carbocycles. The van der Waals surface area contributed by atoms with Crippen LogP contribution < -0.4 is 4.74 Å². The predicted octanol–water partition coefficient (Wildman–Crippen LogP) is 4.42. The van der Waals surface area contributed by atoms with E-state index in [9.17, 15) is 8.78 Å². The van der Waals surface area contributed by atoms with Gasteiger partial charge < -0.3 is 4.74 Å². The summed E-state index contributed by atoms with van der Waals surface area (Å²) >= 11 is 3.21. The average Bonchev–Trinajstić information content (AvgIpc) is 2.15. The molecule has 0 radical (unpaired) electrons. The van der Waals surface area contributed by atoms with Crippen molar-refractivity contribution in [1.29, 1.82) is 0 Å². The molecule has 0 aromatic heterocycles. The summed E-state index contributed by atoms with van der Waals surface area (Å²) in [6.07, 6.45) is -2.44. The first-order chi connectivity index (χ1) is 7.00. The van der Waals surface area contributed by atoms with E-state index >= 15 is 0 Å². The topological polar surface area (TPSA) is 9.23 Å². The highest BCUT2D eigenvalue weighted by Crippen LogP contribution is 2.30. The lowest BCUT2D eigenvalue weighted by Crippen LogP contribution is -2.04. The van der Waals surface area contributed by atoms with Gasteiger partial charge in [0.05, 0.1) is 11.1 Å². The van der Waals surface area contributed by atoms with Crippen molar-refractivity contribution < 1.29 is 13.5 Å². The molecule has 1 aromatic rings. The van der Waals surface area contributed by atoms with E-state index in [0.717, 1.165) is 0 Å². The Kier molecular flexibility index (Phi) is 4.51. The van der Waals surface area contributed by atoms with Crippen molar-refractivity contribution in [3.8, 4) is 5.75 Å². The maximum absolute atomic E-state index is 12.3. The van der Waals surface area contributed by atoms with Gasteiger partial charge in [-0.1, -0.05) is 13.8 Å². The lowest BCUT2D eigenvalue weighted by atomic mass is 10.2. The Morgan fingerprint density at radius 3 is 2.47 bits per heavy atom. The molecule has 1 nitrogen and oxygen atoms in total. The first kappa shape index (κ1) is 12.4. The minimum atomic E-state index is -2.44. The second kappa shape index (κ2) is 5.45. The Morgan fingerprint density at radius 2 is 2.00 bits per heavy atom. The van der Waals surface area contributed by atoms with Crippen LogP contribution in [0.3, 0.4) is 0 Å². The number of hydrogen-bond donors (Lipinski definition) is 0. The van der Waals surface area contributed by atoms with Crippen LogP contribution in [0.2, 0.25) is 0 Å². The second-order valence-corrected chi connectivity index (χ2v) is 4.55. The standard InChI is InChI=1S/C11H13BrF2O/c1-7(2)6-15-10-4-3-8(11(13)14)5-9(10)12/h3-5,7,11H,6H2,1-2H3.